The molecule has 6 heteroatoms. The van der Waals surface area contributed by atoms with Crippen molar-refractivity contribution in [2.24, 2.45) is 11.7 Å². The third kappa shape index (κ3) is 3.02. The van der Waals surface area contributed by atoms with E-state index in [1.807, 2.05) is 6.92 Å². The number of hydrogen-bond acceptors (Lipinski definition) is 3. The Balaban J connectivity index is 2.31. The number of sulfonamides is 1. The molecule has 110 valence electrons. The first kappa shape index (κ1) is 15.4. The Morgan fingerprint density at radius 2 is 1.85 bits per heavy atom. The van der Waals surface area contributed by atoms with Crippen LogP contribution in [0.15, 0.2) is 29.2 Å². The molecule has 0 aromatic heterocycles. The molecule has 20 heavy (non-hydrogen) atoms. The highest BCUT2D eigenvalue weighted by molar-refractivity contribution is 7.89. The molecule has 2 unspecified atom stereocenters. The van der Waals surface area contributed by atoms with Crippen molar-refractivity contribution in [2.45, 2.75) is 37.6 Å². The van der Waals surface area contributed by atoms with E-state index < -0.39 is 10.0 Å². The number of benzene rings is 1. The van der Waals surface area contributed by atoms with Gasteiger partial charge in [-0.3, -0.25) is 0 Å². The molecular weight excluding hydrogens is 292 g/mol. The second-order valence-corrected chi connectivity index (χ2v) is 7.83. The van der Waals surface area contributed by atoms with Crippen molar-refractivity contribution in [1.29, 1.82) is 0 Å². The van der Waals surface area contributed by atoms with Crippen molar-refractivity contribution >= 4 is 27.2 Å². The van der Waals surface area contributed by atoms with E-state index in [0.29, 0.717) is 22.9 Å². The quantitative estimate of drug-likeness (QED) is 0.869. The normalized spacial score (nSPS) is 24.5. The molecule has 0 amide bonds. The van der Waals surface area contributed by atoms with Crippen LogP contribution in [0, 0.1) is 5.92 Å². The fourth-order valence-corrected chi connectivity index (χ4v) is 4.43. The molecule has 0 aliphatic carbocycles. The summed E-state index contributed by atoms with van der Waals surface area (Å²) < 4.78 is 27.0. The molecule has 4 nitrogen and oxygen atoms in total. The standard InChI is InChI=1S/C14H20N2O2S2/c1-10-3-4-11(2)16(9-10)20(17,18)13-7-5-12(6-8-13)14(15)19/h5-8,10-11H,3-4,9H2,1-2H3,(H2,15,19). The van der Waals surface area contributed by atoms with Crippen LogP contribution in [0.5, 0.6) is 0 Å². The first-order valence-corrected chi connectivity index (χ1v) is 8.59. The van der Waals surface area contributed by atoms with Gasteiger partial charge in [-0.2, -0.15) is 4.31 Å². The molecule has 1 aromatic rings. The van der Waals surface area contributed by atoms with Crippen LogP contribution in [0.4, 0.5) is 0 Å². The van der Waals surface area contributed by atoms with Gasteiger partial charge in [-0.05, 0) is 37.8 Å². The highest BCUT2D eigenvalue weighted by Gasteiger charge is 2.33. The summed E-state index contributed by atoms with van der Waals surface area (Å²) >= 11 is 4.88. The van der Waals surface area contributed by atoms with E-state index in [9.17, 15) is 8.42 Å². The molecule has 1 aliphatic rings. The SMILES string of the molecule is CC1CCC(C)N(S(=O)(=O)c2ccc(C(N)=S)cc2)C1. The van der Waals surface area contributed by atoms with Crippen molar-refractivity contribution in [3.8, 4) is 0 Å². The van der Waals surface area contributed by atoms with Gasteiger partial charge in [-0.25, -0.2) is 8.42 Å². The molecule has 1 aliphatic heterocycles. The first-order valence-electron chi connectivity index (χ1n) is 6.74. The second-order valence-electron chi connectivity index (χ2n) is 5.49. The van der Waals surface area contributed by atoms with Crippen molar-refractivity contribution in [1.82, 2.24) is 4.31 Å². The first-order chi connectivity index (χ1) is 9.32. The molecule has 0 spiro atoms. The highest BCUT2D eigenvalue weighted by Crippen LogP contribution is 2.27. The van der Waals surface area contributed by atoms with Gasteiger partial charge < -0.3 is 5.73 Å². The maximum absolute atomic E-state index is 12.7. The van der Waals surface area contributed by atoms with Gasteiger partial charge in [0.05, 0.1) is 4.90 Å². The molecular formula is C14H20N2O2S2. The maximum atomic E-state index is 12.7. The lowest BCUT2D eigenvalue weighted by molar-refractivity contribution is 0.218. The van der Waals surface area contributed by atoms with E-state index in [4.69, 9.17) is 18.0 Å². The fraction of sp³-hybridized carbons (Fsp3) is 0.500. The Kier molecular flexibility index (Phi) is 4.46. The summed E-state index contributed by atoms with van der Waals surface area (Å²) in [4.78, 5) is 0.576. The molecule has 1 aromatic carbocycles. The molecule has 1 fully saturated rings. The van der Waals surface area contributed by atoms with Crippen LogP contribution in [0.25, 0.3) is 0 Å². The predicted octanol–water partition coefficient (Wildman–Crippen LogP) is 2.13. The van der Waals surface area contributed by atoms with Crippen LogP contribution >= 0.6 is 12.2 Å². The van der Waals surface area contributed by atoms with Crippen LogP contribution in [0.1, 0.15) is 32.3 Å². The minimum atomic E-state index is -3.44. The van der Waals surface area contributed by atoms with Crippen molar-refractivity contribution in [2.75, 3.05) is 6.54 Å². The topological polar surface area (TPSA) is 63.4 Å². The van der Waals surface area contributed by atoms with Crippen LogP contribution in [0.2, 0.25) is 0 Å². The molecule has 0 saturated carbocycles. The smallest absolute Gasteiger partial charge is 0.243 e. The monoisotopic (exact) mass is 312 g/mol. The fourth-order valence-electron chi connectivity index (χ4n) is 2.51. The molecule has 0 bridgehead atoms. The number of rotatable bonds is 3. The second kappa shape index (κ2) is 5.79. The zero-order chi connectivity index (χ0) is 14.9. The van der Waals surface area contributed by atoms with E-state index in [-0.39, 0.29) is 11.0 Å². The summed E-state index contributed by atoms with van der Waals surface area (Å²) in [5.41, 5.74) is 6.21. The van der Waals surface area contributed by atoms with Gasteiger partial charge in [0, 0.05) is 18.2 Å². The third-order valence-corrected chi connectivity index (χ3v) is 6.04. The van der Waals surface area contributed by atoms with Crippen LogP contribution in [-0.2, 0) is 10.0 Å². The lowest BCUT2D eigenvalue weighted by atomic mass is 9.97. The Bertz CT molecular complexity index is 596. The summed E-state index contributed by atoms with van der Waals surface area (Å²) in [6.45, 7) is 4.64. The third-order valence-electron chi connectivity index (χ3n) is 3.81. The van der Waals surface area contributed by atoms with Crippen molar-refractivity contribution in [3.63, 3.8) is 0 Å². The Labute approximate surface area is 126 Å². The molecule has 1 saturated heterocycles. The molecule has 1 heterocycles. The van der Waals surface area contributed by atoms with E-state index in [1.54, 1.807) is 28.6 Å². The van der Waals surface area contributed by atoms with Gasteiger partial charge in [0.2, 0.25) is 10.0 Å². The Hall–Kier alpha value is -0.980. The molecule has 2 rings (SSSR count). The predicted molar refractivity (Wildman–Crippen MR) is 84.1 cm³/mol. The average molecular weight is 312 g/mol. The molecule has 0 radical (unpaired) electrons. The van der Waals surface area contributed by atoms with Gasteiger partial charge in [0.25, 0.3) is 0 Å². The minimum Gasteiger partial charge on any atom is -0.389 e. The zero-order valence-corrected chi connectivity index (χ0v) is 13.4. The lowest BCUT2D eigenvalue weighted by Crippen LogP contribution is -2.44. The Morgan fingerprint density at radius 1 is 1.25 bits per heavy atom. The van der Waals surface area contributed by atoms with E-state index in [2.05, 4.69) is 6.92 Å². The number of thiocarbonyl (C=S) groups is 1. The minimum absolute atomic E-state index is 0.0476. The van der Waals surface area contributed by atoms with Crippen molar-refractivity contribution < 1.29 is 8.42 Å². The zero-order valence-electron chi connectivity index (χ0n) is 11.7. The largest absolute Gasteiger partial charge is 0.389 e. The lowest BCUT2D eigenvalue weighted by Gasteiger charge is -2.35. The van der Waals surface area contributed by atoms with Gasteiger partial charge in [0.15, 0.2) is 0 Å². The Morgan fingerprint density at radius 3 is 2.40 bits per heavy atom. The summed E-state index contributed by atoms with van der Waals surface area (Å²) in [5, 5.41) is 0. The van der Waals surface area contributed by atoms with Crippen LogP contribution < -0.4 is 5.73 Å². The summed E-state index contributed by atoms with van der Waals surface area (Å²) in [6, 6.07) is 6.53. The van der Waals surface area contributed by atoms with Gasteiger partial charge in [0.1, 0.15) is 4.99 Å². The van der Waals surface area contributed by atoms with E-state index >= 15 is 0 Å². The number of piperidine rings is 1. The average Bonchev–Trinajstić information content (AvgIpc) is 2.41. The van der Waals surface area contributed by atoms with Gasteiger partial charge in [-0.1, -0.05) is 31.3 Å². The van der Waals surface area contributed by atoms with Gasteiger partial charge >= 0.3 is 0 Å². The van der Waals surface area contributed by atoms with Crippen LogP contribution in [0.3, 0.4) is 0 Å². The number of nitrogens with two attached hydrogens (primary N) is 1. The van der Waals surface area contributed by atoms with E-state index in [1.165, 1.54) is 0 Å². The molecule has 2 N–H and O–H groups in total. The summed E-state index contributed by atoms with van der Waals surface area (Å²) in [6.07, 6.45) is 1.99. The van der Waals surface area contributed by atoms with E-state index in [0.717, 1.165) is 12.8 Å². The maximum Gasteiger partial charge on any atom is 0.243 e. The van der Waals surface area contributed by atoms with Gasteiger partial charge in [-0.15, -0.1) is 0 Å². The summed E-state index contributed by atoms with van der Waals surface area (Å²) in [5.74, 6) is 0.400. The number of hydrogen-bond donors (Lipinski definition) is 1. The summed E-state index contributed by atoms with van der Waals surface area (Å²) in [7, 11) is -3.44. The van der Waals surface area contributed by atoms with Crippen LogP contribution in [-0.4, -0.2) is 30.3 Å². The number of nitrogens with zero attached hydrogens (tertiary/aromatic N) is 1. The van der Waals surface area contributed by atoms with Crippen molar-refractivity contribution in [3.05, 3.63) is 29.8 Å². The molecule has 2 atom stereocenters. The highest BCUT2D eigenvalue weighted by atomic mass is 32.2.